The average Bonchev–Trinajstić information content (AvgIpc) is 2.32. The van der Waals surface area contributed by atoms with E-state index in [1.807, 2.05) is 5.32 Å². The Labute approximate surface area is 110 Å². The molecule has 0 spiro atoms. The third-order valence-corrected chi connectivity index (χ3v) is 2.20. The molecule has 1 unspecified atom stereocenters. The number of nitrogens with one attached hydrogen (secondary N) is 2. The summed E-state index contributed by atoms with van der Waals surface area (Å²) in [5.74, 6) is -3.83. The zero-order chi connectivity index (χ0) is 15.3. The van der Waals surface area contributed by atoms with Crippen molar-refractivity contribution in [3.05, 3.63) is 32.8 Å². The van der Waals surface area contributed by atoms with Crippen LogP contribution in [0.4, 0.5) is 0 Å². The maximum Gasteiger partial charge on any atom is 0.326 e. The molecule has 0 aromatic carbocycles. The number of H-pyrrole nitrogens is 1. The number of hydrogen-bond donors (Lipinski definition) is 4. The van der Waals surface area contributed by atoms with Crippen LogP contribution in [0.5, 0.6) is 0 Å². The van der Waals surface area contributed by atoms with E-state index in [1.165, 1.54) is 0 Å². The maximum absolute atomic E-state index is 11.5. The quantitative estimate of drug-likeness (QED) is 0.452. The number of aliphatic carboxylic acids is 2. The van der Waals surface area contributed by atoms with Gasteiger partial charge in [-0.3, -0.25) is 24.3 Å². The number of carbonyl (C=O) groups is 3. The van der Waals surface area contributed by atoms with E-state index in [2.05, 4.69) is 5.10 Å². The van der Waals surface area contributed by atoms with Crippen molar-refractivity contribution in [1.29, 1.82) is 0 Å². The van der Waals surface area contributed by atoms with E-state index in [9.17, 15) is 24.0 Å². The van der Waals surface area contributed by atoms with Crippen LogP contribution in [0, 0.1) is 0 Å². The molecule has 108 valence electrons. The molecule has 1 amide bonds. The van der Waals surface area contributed by atoms with Crippen LogP contribution < -0.4 is 16.4 Å². The van der Waals surface area contributed by atoms with Crippen LogP contribution in [0.1, 0.15) is 6.42 Å². The smallest absolute Gasteiger partial charge is 0.326 e. The lowest BCUT2D eigenvalue weighted by Crippen LogP contribution is -2.45. The number of aromatic nitrogens is 2. The van der Waals surface area contributed by atoms with Crippen LogP contribution in [0.2, 0.25) is 0 Å². The minimum Gasteiger partial charge on any atom is -0.481 e. The lowest BCUT2D eigenvalue weighted by Gasteiger charge is -2.12. The largest absolute Gasteiger partial charge is 0.481 e. The van der Waals surface area contributed by atoms with E-state index in [4.69, 9.17) is 10.2 Å². The van der Waals surface area contributed by atoms with Gasteiger partial charge >= 0.3 is 11.9 Å². The zero-order valence-corrected chi connectivity index (χ0v) is 10.0. The summed E-state index contributed by atoms with van der Waals surface area (Å²) in [5, 5.41) is 21.2. The van der Waals surface area contributed by atoms with Gasteiger partial charge in [0.15, 0.2) is 0 Å². The first-order chi connectivity index (χ1) is 9.29. The van der Waals surface area contributed by atoms with Gasteiger partial charge in [0.25, 0.3) is 11.1 Å². The number of aromatic amines is 1. The lowest BCUT2D eigenvalue weighted by atomic mass is 10.2. The molecule has 1 heterocycles. The van der Waals surface area contributed by atoms with E-state index in [-0.39, 0.29) is 0 Å². The van der Waals surface area contributed by atoms with Gasteiger partial charge in [0, 0.05) is 12.1 Å². The van der Waals surface area contributed by atoms with Crippen LogP contribution in [-0.2, 0) is 20.9 Å². The molecule has 0 radical (unpaired) electrons. The van der Waals surface area contributed by atoms with Gasteiger partial charge in [-0.2, -0.15) is 0 Å². The molecule has 0 aliphatic heterocycles. The monoisotopic (exact) mass is 285 g/mol. The van der Waals surface area contributed by atoms with Gasteiger partial charge in [0.1, 0.15) is 12.6 Å². The van der Waals surface area contributed by atoms with Crippen molar-refractivity contribution in [3.8, 4) is 0 Å². The van der Waals surface area contributed by atoms with Crippen molar-refractivity contribution >= 4 is 17.8 Å². The summed E-state index contributed by atoms with van der Waals surface area (Å²) in [6.07, 6.45) is -0.804. The minimum atomic E-state index is -1.62. The van der Waals surface area contributed by atoms with Crippen LogP contribution >= 0.6 is 0 Å². The van der Waals surface area contributed by atoms with Crippen LogP contribution in [0.25, 0.3) is 0 Å². The molecule has 4 N–H and O–H groups in total. The van der Waals surface area contributed by atoms with Crippen LogP contribution in [-0.4, -0.2) is 43.9 Å². The van der Waals surface area contributed by atoms with E-state index in [1.54, 1.807) is 0 Å². The fourth-order valence-electron chi connectivity index (χ4n) is 1.34. The second kappa shape index (κ2) is 6.31. The van der Waals surface area contributed by atoms with E-state index < -0.39 is 48.0 Å². The Morgan fingerprint density at radius 3 is 2.45 bits per heavy atom. The molecule has 1 atom stereocenters. The molecule has 0 aliphatic rings. The minimum absolute atomic E-state index is 0.613. The SMILES string of the molecule is O=C(O)CC(NC(=O)Cn1[nH]c(=O)ccc1=O)C(=O)O. The van der Waals surface area contributed by atoms with Crippen molar-refractivity contribution in [2.75, 3.05) is 0 Å². The predicted molar refractivity (Wildman–Crippen MR) is 63.1 cm³/mol. The fourth-order valence-corrected chi connectivity index (χ4v) is 1.34. The number of carboxylic acid groups (broad SMARTS) is 2. The van der Waals surface area contributed by atoms with Crippen LogP contribution in [0.15, 0.2) is 21.7 Å². The number of amides is 1. The Bertz CT molecular complexity index is 645. The van der Waals surface area contributed by atoms with Crippen LogP contribution in [0.3, 0.4) is 0 Å². The summed E-state index contributed by atoms with van der Waals surface area (Å²) in [6, 6.07) is 0.297. The van der Waals surface area contributed by atoms with E-state index in [0.717, 1.165) is 12.1 Å². The second-order valence-corrected chi connectivity index (χ2v) is 3.79. The van der Waals surface area contributed by atoms with Gasteiger partial charge in [-0.25, -0.2) is 9.48 Å². The number of carbonyl (C=O) groups excluding carboxylic acids is 1. The standard InChI is InChI=1S/C10H11N3O7/c14-6-1-2-8(16)13(12-6)4-7(15)11-5(10(19)20)3-9(17)18/h1-2,5H,3-4H2,(H,11,15)(H,12,14)(H,17,18)(H,19,20). The molecule has 10 heteroatoms. The molecular formula is C10H11N3O7. The van der Waals surface area contributed by atoms with Gasteiger partial charge in [0.2, 0.25) is 5.91 Å². The van der Waals surface area contributed by atoms with Crippen molar-refractivity contribution in [1.82, 2.24) is 15.1 Å². The first-order valence-electron chi connectivity index (χ1n) is 5.33. The van der Waals surface area contributed by atoms with E-state index in [0.29, 0.717) is 4.68 Å². The zero-order valence-electron chi connectivity index (χ0n) is 10.0. The third kappa shape index (κ3) is 4.40. The van der Waals surface area contributed by atoms with Gasteiger partial charge in [-0.05, 0) is 0 Å². The highest BCUT2D eigenvalue weighted by Gasteiger charge is 2.23. The normalized spacial score (nSPS) is 11.6. The third-order valence-electron chi connectivity index (χ3n) is 2.20. The summed E-state index contributed by atoms with van der Waals surface area (Å²) in [4.78, 5) is 55.0. The molecule has 10 nitrogen and oxygen atoms in total. The average molecular weight is 285 g/mol. The summed E-state index contributed by atoms with van der Waals surface area (Å²) in [6.45, 7) is -0.627. The summed E-state index contributed by atoms with van der Waals surface area (Å²) >= 11 is 0. The Morgan fingerprint density at radius 1 is 1.25 bits per heavy atom. The number of hydrogen-bond acceptors (Lipinski definition) is 5. The van der Waals surface area contributed by atoms with Gasteiger partial charge in [-0.1, -0.05) is 0 Å². The highest BCUT2D eigenvalue weighted by Crippen LogP contribution is 1.93. The van der Waals surface area contributed by atoms with Gasteiger partial charge in [-0.15, -0.1) is 0 Å². The highest BCUT2D eigenvalue weighted by atomic mass is 16.4. The summed E-state index contributed by atoms with van der Waals surface area (Å²) in [7, 11) is 0. The molecule has 0 saturated heterocycles. The van der Waals surface area contributed by atoms with Crippen molar-refractivity contribution in [2.45, 2.75) is 19.0 Å². The molecule has 1 aromatic rings. The molecule has 0 saturated carbocycles. The van der Waals surface area contributed by atoms with E-state index >= 15 is 0 Å². The first kappa shape index (κ1) is 15.1. The van der Waals surface area contributed by atoms with Crippen molar-refractivity contribution in [2.24, 2.45) is 0 Å². The number of carboxylic acids is 2. The molecule has 0 aliphatic carbocycles. The first-order valence-corrected chi connectivity index (χ1v) is 5.33. The Hall–Kier alpha value is -2.91. The number of nitrogens with zero attached hydrogens (tertiary/aromatic N) is 1. The molecule has 1 rings (SSSR count). The van der Waals surface area contributed by atoms with Gasteiger partial charge < -0.3 is 15.5 Å². The summed E-state index contributed by atoms with van der Waals surface area (Å²) < 4.78 is 0.678. The second-order valence-electron chi connectivity index (χ2n) is 3.79. The number of rotatable bonds is 6. The highest BCUT2D eigenvalue weighted by molar-refractivity contribution is 5.86. The molecule has 0 fully saturated rings. The Balaban J connectivity index is 2.78. The molecule has 1 aromatic heterocycles. The molecular weight excluding hydrogens is 274 g/mol. The maximum atomic E-state index is 11.5. The topological polar surface area (TPSA) is 159 Å². The molecule has 20 heavy (non-hydrogen) atoms. The van der Waals surface area contributed by atoms with Crippen molar-refractivity contribution < 1.29 is 24.6 Å². The van der Waals surface area contributed by atoms with Gasteiger partial charge in [0.05, 0.1) is 6.42 Å². The Kier molecular flexibility index (Phi) is 4.78. The predicted octanol–water partition coefficient (Wildman–Crippen LogP) is -2.42. The summed E-state index contributed by atoms with van der Waals surface area (Å²) in [5.41, 5.74) is -1.28. The van der Waals surface area contributed by atoms with Crippen molar-refractivity contribution in [3.63, 3.8) is 0 Å². The Morgan fingerprint density at radius 2 is 1.90 bits per heavy atom. The fraction of sp³-hybridized carbons (Fsp3) is 0.300. The lowest BCUT2D eigenvalue weighted by molar-refractivity contribution is -0.147. The molecule has 0 bridgehead atoms.